The molecule has 2 heterocycles. The predicted octanol–water partition coefficient (Wildman–Crippen LogP) is 2.43. The maximum absolute atomic E-state index is 12.0. The van der Waals surface area contributed by atoms with Crippen molar-refractivity contribution in [2.75, 3.05) is 13.7 Å². The third-order valence-corrected chi connectivity index (χ3v) is 5.54. The molecule has 0 unspecified atom stereocenters. The largest absolute Gasteiger partial charge is 0.467 e. The number of esters is 1. The van der Waals surface area contributed by atoms with Crippen LogP contribution in [0.4, 0.5) is 0 Å². The first kappa shape index (κ1) is 16.2. The fourth-order valence-corrected chi connectivity index (χ4v) is 4.16. The topological polar surface area (TPSA) is 57.2 Å². The molecule has 0 aromatic carbocycles. The second-order valence-electron chi connectivity index (χ2n) is 6.76. The molecule has 22 heavy (non-hydrogen) atoms. The van der Waals surface area contributed by atoms with Crippen molar-refractivity contribution in [3.05, 3.63) is 0 Å². The van der Waals surface area contributed by atoms with E-state index < -0.39 is 6.10 Å². The van der Waals surface area contributed by atoms with Crippen molar-refractivity contribution in [1.82, 2.24) is 5.23 Å². The zero-order valence-electron chi connectivity index (χ0n) is 13.7. The van der Waals surface area contributed by atoms with Gasteiger partial charge in [0.05, 0.1) is 12.6 Å². The molecule has 5 atom stereocenters. The highest BCUT2D eigenvalue weighted by Crippen LogP contribution is 2.54. The molecule has 1 aliphatic carbocycles. The normalized spacial score (nSPS) is 41.2. The molecule has 3 fully saturated rings. The van der Waals surface area contributed by atoms with Gasteiger partial charge in [0.1, 0.15) is 0 Å². The molecule has 0 aromatic heterocycles. The van der Waals surface area contributed by atoms with Gasteiger partial charge in [-0.2, -0.15) is 0 Å². The van der Waals surface area contributed by atoms with Gasteiger partial charge >= 0.3 is 5.97 Å². The number of ether oxygens (including phenoxy) is 2. The molecule has 126 valence electrons. The molecule has 0 amide bonds. The fourth-order valence-electron chi connectivity index (χ4n) is 4.16. The van der Waals surface area contributed by atoms with Gasteiger partial charge in [-0.15, -0.1) is 0 Å². The van der Waals surface area contributed by atoms with Crippen LogP contribution in [0, 0.1) is 11.8 Å². The van der Waals surface area contributed by atoms with E-state index in [1.54, 1.807) is 5.23 Å². The lowest BCUT2D eigenvalue weighted by atomic mass is 9.64. The number of hydroxylamine groups is 2. The quantitative estimate of drug-likeness (QED) is 0.574. The summed E-state index contributed by atoms with van der Waals surface area (Å²) in [5.74, 6) is 0.227. The summed E-state index contributed by atoms with van der Waals surface area (Å²) < 4.78 is 10.7. The minimum absolute atomic E-state index is 0.121. The van der Waals surface area contributed by atoms with Crippen molar-refractivity contribution in [2.45, 2.75) is 70.3 Å². The van der Waals surface area contributed by atoms with Crippen LogP contribution >= 0.6 is 0 Å². The van der Waals surface area contributed by atoms with Crippen molar-refractivity contribution >= 4 is 5.97 Å². The first-order chi connectivity index (χ1) is 10.6. The Morgan fingerprint density at radius 3 is 2.91 bits per heavy atom. The fraction of sp³-hybridized carbons (Fsp3) is 0.938. The maximum Gasteiger partial charge on any atom is 0.337 e. The molecule has 2 aliphatic heterocycles. The van der Waals surface area contributed by atoms with E-state index in [0.717, 1.165) is 38.5 Å². The van der Waals surface area contributed by atoms with E-state index in [1.165, 1.54) is 7.11 Å². The van der Waals surface area contributed by atoms with Gasteiger partial charge in [-0.3, -0.25) is 4.84 Å². The molecule has 0 N–H and O–H groups in total. The highest BCUT2D eigenvalue weighted by atomic mass is 17.0. The van der Waals surface area contributed by atoms with Crippen LogP contribution in [-0.2, 0) is 23.9 Å². The van der Waals surface area contributed by atoms with E-state index in [4.69, 9.17) is 19.1 Å². The first-order valence-corrected chi connectivity index (χ1v) is 8.44. The van der Waals surface area contributed by atoms with Crippen molar-refractivity contribution in [1.29, 1.82) is 0 Å². The number of rotatable bonds is 5. The molecule has 3 rings (SSSR count). The van der Waals surface area contributed by atoms with Crippen LogP contribution in [-0.4, -0.2) is 42.8 Å². The van der Waals surface area contributed by atoms with Crippen molar-refractivity contribution in [3.63, 3.8) is 0 Å². The smallest absolute Gasteiger partial charge is 0.337 e. The number of carbonyl (C=O) groups is 1. The summed E-state index contributed by atoms with van der Waals surface area (Å²) in [7, 11) is 1.41. The second-order valence-corrected chi connectivity index (χ2v) is 6.76. The van der Waals surface area contributed by atoms with Crippen LogP contribution < -0.4 is 0 Å². The van der Waals surface area contributed by atoms with Gasteiger partial charge in [-0.25, -0.2) is 9.63 Å². The Kier molecular flexibility index (Phi) is 4.73. The average molecular weight is 313 g/mol. The minimum atomic E-state index is -0.563. The first-order valence-electron chi connectivity index (χ1n) is 8.44. The number of unbranched alkanes of at least 4 members (excludes halogenated alkanes) is 1. The van der Waals surface area contributed by atoms with Gasteiger partial charge in [-0.05, 0) is 32.1 Å². The van der Waals surface area contributed by atoms with Crippen LogP contribution in [0.2, 0.25) is 0 Å². The predicted molar refractivity (Wildman–Crippen MR) is 78.3 cm³/mol. The van der Waals surface area contributed by atoms with Crippen LogP contribution in [0.1, 0.15) is 52.4 Å². The Morgan fingerprint density at radius 2 is 2.18 bits per heavy atom. The lowest BCUT2D eigenvalue weighted by Crippen LogP contribution is -2.59. The molecule has 1 saturated carbocycles. The van der Waals surface area contributed by atoms with Crippen molar-refractivity contribution in [3.8, 4) is 0 Å². The Balaban J connectivity index is 1.74. The van der Waals surface area contributed by atoms with Crippen molar-refractivity contribution in [2.24, 2.45) is 11.8 Å². The van der Waals surface area contributed by atoms with Gasteiger partial charge in [0.2, 0.25) is 0 Å². The average Bonchev–Trinajstić information content (AvgIpc) is 2.81. The Morgan fingerprint density at radius 1 is 1.36 bits per heavy atom. The van der Waals surface area contributed by atoms with Crippen LogP contribution in [0.15, 0.2) is 0 Å². The summed E-state index contributed by atoms with van der Waals surface area (Å²) in [5, 5.41) is 1.56. The summed E-state index contributed by atoms with van der Waals surface area (Å²) in [6.07, 6.45) is 5.34. The Hall–Kier alpha value is -0.690. The van der Waals surface area contributed by atoms with E-state index >= 15 is 0 Å². The highest BCUT2D eigenvalue weighted by Gasteiger charge is 2.63. The van der Waals surface area contributed by atoms with E-state index in [1.807, 2.05) is 0 Å². The van der Waals surface area contributed by atoms with E-state index in [-0.39, 0.29) is 23.7 Å². The molecular formula is C16H27NO5. The molecule has 0 spiro atoms. The van der Waals surface area contributed by atoms with E-state index in [2.05, 4.69) is 13.8 Å². The summed E-state index contributed by atoms with van der Waals surface area (Å²) in [6, 6.07) is 0. The molecule has 6 nitrogen and oxygen atoms in total. The van der Waals surface area contributed by atoms with Gasteiger partial charge in [0.25, 0.3) is 0 Å². The third-order valence-electron chi connectivity index (χ3n) is 5.54. The van der Waals surface area contributed by atoms with Gasteiger partial charge in [-0.1, -0.05) is 25.0 Å². The SMILES string of the molecule is CCCCO[C@H]1C[C@@H]2CCC[C@H]3[C@@H](C(=O)OC)ON(O1)[C@]23C. The zero-order chi connectivity index (χ0) is 15.7. The van der Waals surface area contributed by atoms with Gasteiger partial charge in [0, 0.05) is 18.9 Å². The van der Waals surface area contributed by atoms with Crippen LogP contribution in [0.5, 0.6) is 0 Å². The highest BCUT2D eigenvalue weighted by molar-refractivity contribution is 5.75. The number of carbonyl (C=O) groups excluding carboxylic acids is 1. The third kappa shape index (κ3) is 2.56. The monoisotopic (exact) mass is 313 g/mol. The van der Waals surface area contributed by atoms with E-state index in [9.17, 15) is 4.79 Å². The lowest BCUT2D eigenvalue weighted by molar-refractivity contribution is -0.461. The lowest BCUT2D eigenvalue weighted by Gasteiger charge is -2.50. The van der Waals surface area contributed by atoms with Crippen molar-refractivity contribution < 1.29 is 23.9 Å². The minimum Gasteiger partial charge on any atom is -0.467 e. The van der Waals surface area contributed by atoms with Crippen LogP contribution in [0.25, 0.3) is 0 Å². The molecule has 6 heteroatoms. The Bertz CT molecular complexity index is 417. The number of nitrogens with zero attached hydrogens (tertiary/aromatic N) is 1. The summed E-state index contributed by atoms with van der Waals surface area (Å²) in [4.78, 5) is 23.8. The number of methoxy groups -OCH3 is 1. The second kappa shape index (κ2) is 6.43. The summed E-state index contributed by atoms with van der Waals surface area (Å²) >= 11 is 0. The number of hydrogen-bond donors (Lipinski definition) is 0. The Labute approximate surface area is 131 Å². The number of hydrogen-bond acceptors (Lipinski definition) is 6. The molecule has 0 bridgehead atoms. The standard InChI is InChI=1S/C16H27NO5/c1-4-5-9-20-13-10-11-7-6-8-12-14(15(18)19-3)22-17(21-13)16(11,12)2/h11-14H,4-10H2,1-3H3/t11-,12-,13+,14-,16+/m0/s1. The summed E-state index contributed by atoms with van der Waals surface area (Å²) in [5.41, 5.74) is -0.262. The molecule has 3 aliphatic rings. The summed E-state index contributed by atoms with van der Waals surface area (Å²) in [6.45, 7) is 4.98. The molecule has 0 aromatic rings. The van der Waals surface area contributed by atoms with E-state index in [0.29, 0.717) is 12.5 Å². The van der Waals surface area contributed by atoms with Gasteiger partial charge in [0.15, 0.2) is 12.4 Å². The molecule has 2 saturated heterocycles. The molecular weight excluding hydrogens is 286 g/mol. The zero-order valence-corrected chi connectivity index (χ0v) is 13.7. The van der Waals surface area contributed by atoms with Crippen LogP contribution in [0.3, 0.4) is 0 Å². The molecule has 0 radical (unpaired) electrons. The maximum atomic E-state index is 12.0. The van der Waals surface area contributed by atoms with Gasteiger partial charge < -0.3 is 9.47 Å².